The van der Waals surface area contributed by atoms with E-state index in [1.807, 2.05) is 44.2 Å². The van der Waals surface area contributed by atoms with E-state index < -0.39 is 0 Å². The molecular weight excluding hydrogens is 350 g/mol. The molecule has 2 aromatic rings. The molecule has 0 aliphatic heterocycles. The van der Waals surface area contributed by atoms with E-state index in [0.29, 0.717) is 37.3 Å². The molecule has 0 spiro atoms. The number of halogens is 1. The summed E-state index contributed by atoms with van der Waals surface area (Å²) >= 11 is 0. The van der Waals surface area contributed by atoms with Crippen LogP contribution in [-0.4, -0.2) is 34.7 Å². The average molecular weight is 378 g/mol. The zero-order valence-electron chi connectivity index (χ0n) is 15.7. The topological polar surface area (TPSA) is 79.2 Å². The van der Waals surface area contributed by atoms with E-state index in [9.17, 15) is 9.59 Å². The molecule has 1 aromatic heterocycles. The quantitative estimate of drug-likeness (QED) is 0.691. The standard InChI is InChI=1S/C20H27N3O2.ClH/c1-4-17-18(15(3)24)14(2)22-19(17)20(25)23(12-8-11-21)13-16-9-6-5-7-10-16;/h5-7,9-10,22H,4,8,11-13,21H2,1-3H3;1H. The molecule has 0 saturated heterocycles. The van der Waals surface area contributed by atoms with Crippen LogP contribution in [0.3, 0.4) is 0 Å². The highest BCUT2D eigenvalue weighted by atomic mass is 35.5. The predicted octanol–water partition coefficient (Wildman–Crippen LogP) is 3.50. The van der Waals surface area contributed by atoms with E-state index in [-0.39, 0.29) is 24.1 Å². The van der Waals surface area contributed by atoms with Gasteiger partial charge in [0.15, 0.2) is 5.78 Å². The number of carbonyl (C=O) groups excluding carboxylic acids is 2. The molecule has 0 atom stereocenters. The second-order valence-corrected chi connectivity index (χ2v) is 6.24. The number of benzene rings is 1. The second kappa shape index (κ2) is 10.1. The third kappa shape index (κ3) is 4.96. The summed E-state index contributed by atoms with van der Waals surface area (Å²) in [7, 11) is 0. The maximum atomic E-state index is 13.2. The Kier molecular flexibility index (Phi) is 8.55. The summed E-state index contributed by atoms with van der Waals surface area (Å²) < 4.78 is 0. The van der Waals surface area contributed by atoms with E-state index in [1.54, 1.807) is 11.8 Å². The first kappa shape index (κ1) is 21.9. The minimum atomic E-state index is -0.0789. The van der Waals surface area contributed by atoms with Gasteiger partial charge in [0.2, 0.25) is 0 Å². The number of H-pyrrole nitrogens is 1. The van der Waals surface area contributed by atoms with Crippen molar-refractivity contribution in [1.29, 1.82) is 0 Å². The summed E-state index contributed by atoms with van der Waals surface area (Å²) in [6.45, 7) is 6.99. The van der Waals surface area contributed by atoms with Crippen molar-refractivity contribution in [2.45, 2.75) is 40.2 Å². The molecule has 2 rings (SSSR count). The number of amides is 1. The van der Waals surface area contributed by atoms with Gasteiger partial charge in [-0.1, -0.05) is 37.3 Å². The molecule has 1 amide bonds. The lowest BCUT2D eigenvalue weighted by atomic mass is 10.0. The van der Waals surface area contributed by atoms with Gasteiger partial charge >= 0.3 is 0 Å². The summed E-state index contributed by atoms with van der Waals surface area (Å²) in [5.74, 6) is -0.0917. The minimum absolute atomic E-state index is 0. The normalized spacial score (nSPS) is 10.3. The molecular formula is C20H28ClN3O2. The number of carbonyl (C=O) groups is 2. The number of nitrogens with one attached hydrogen (secondary N) is 1. The number of ketones is 1. The largest absolute Gasteiger partial charge is 0.354 e. The van der Waals surface area contributed by atoms with Gasteiger partial charge in [0.05, 0.1) is 0 Å². The van der Waals surface area contributed by atoms with Crippen molar-refractivity contribution in [3.8, 4) is 0 Å². The number of Topliss-reactive ketones (excluding diaryl/α,β-unsaturated/α-hetero) is 1. The molecule has 0 bridgehead atoms. The highest BCUT2D eigenvalue weighted by Crippen LogP contribution is 2.22. The van der Waals surface area contributed by atoms with E-state index in [4.69, 9.17) is 5.73 Å². The summed E-state index contributed by atoms with van der Waals surface area (Å²) in [5.41, 5.74) is 9.44. The van der Waals surface area contributed by atoms with Crippen molar-refractivity contribution in [1.82, 2.24) is 9.88 Å². The third-order valence-electron chi connectivity index (χ3n) is 4.35. The highest BCUT2D eigenvalue weighted by Gasteiger charge is 2.25. The van der Waals surface area contributed by atoms with Gasteiger partial charge in [0.25, 0.3) is 5.91 Å². The third-order valence-corrected chi connectivity index (χ3v) is 4.35. The molecule has 5 nitrogen and oxygen atoms in total. The van der Waals surface area contributed by atoms with Crippen LogP contribution in [-0.2, 0) is 13.0 Å². The summed E-state index contributed by atoms with van der Waals surface area (Å²) in [6, 6.07) is 9.89. The number of aromatic amines is 1. The minimum Gasteiger partial charge on any atom is -0.354 e. The Labute approximate surface area is 161 Å². The van der Waals surface area contributed by atoms with Gasteiger partial charge in [0.1, 0.15) is 5.69 Å². The monoisotopic (exact) mass is 377 g/mol. The van der Waals surface area contributed by atoms with Crippen molar-refractivity contribution in [3.63, 3.8) is 0 Å². The molecule has 0 aliphatic rings. The highest BCUT2D eigenvalue weighted by molar-refractivity contribution is 6.02. The number of hydrogen-bond acceptors (Lipinski definition) is 3. The zero-order valence-corrected chi connectivity index (χ0v) is 16.5. The molecule has 0 fully saturated rings. The molecule has 0 aliphatic carbocycles. The van der Waals surface area contributed by atoms with Crippen LogP contribution in [0.4, 0.5) is 0 Å². The van der Waals surface area contributed by atoms with Crippen LogP contribution < -0.4 is 5.73 Å². The molecule has 26 heavy (non-hydrogen) atoms. The Hall–Kier alpha value is -2.11. The first-order valence-corrected chi connectivity index (χ1v) is 8.75. The van der Waals surface area contributed by atoms with Gasteiger partial charge < -0.3 is 15.6 Å². The van der Waals surface area contributed by atoms with Gasteiger partial charge in [-0.25, -0.2) is 0 Å². The van der Waals surface area contributed by atoms with Crippen LogP contribution >= 0.6 is 12.4 Å². The lowest BCUT2D eigenvalue weighted by molar-refractivity contribution is 0.0735. The summed E-state index contributed by atoms with van der Waals surface area (Å²) in [5, 5.41) is 0. The van der Waals surface area contributed by atoms with E-state index in [0.717, 1.165) is 23.2 Å². The van der Waals surface area contributed by atoms with Crippen molar-refractivity contribution >= 4 is 24.1 Å². The first-order chi connectivity index (χ1) is 12.0. The van der Waals surface area contributed by atoms with Crippen molar-refractivity contribution in [2.75, 3.05) is 13.1 Å². The fourth-order valence-electron chi connectivity index (χ4n) is 3.19. The van der Waals surface area contributed by atoms with Crippen molar-refractivity contribution < 1.29 is 9.59 Å². The Morgan fingerprint density at radius 3 is 2.38 bits per heavy atom. The fourth-order valence-corrected chi connectivity index (χ4v) is 3.19. The molecule has 3 N–H and O–H groups in total. The molecule has 6 heteroatoms. The van der Waals surface area contributed by atoms with Gasteiger partial charge in [0, 0.05) is 24.3 Å². The lowest BCUT2D eigenvalue weighted by Crippen LogP contribution is -2.33. The first-order valence-electron chi connectivity index (χ1n) is 8.75. The van der Waals surface area contributed by atoms with Crippen LogP contribution in [0, 0.1) is 6.92 Å². The molecule has 1 aromatic carbocycles. The van der Waals surface area contributed by atoms with Gasteiger partial charge in [-0.2, -0.15) is 0 Å². The van der Waals surface area contributed by atoms with Crippen LogP contribution in [0.25, 0.3) is 0 Å². The fraction of sp³-hybridized carbons (Fsp3) is 0.400. The smallest absolute Gasteiger partial charge is 0.270 e. The van der Waals surface area contributed by atoms with E-state index in [2.05, 4.69) is 4.98 Å². The number of hydrogen-bond donors (Lipinski definition) is 2. The number of nitrogens with zero attached hydrogens (tertiary/aromatic N) is 1. The van der Waals surface area contributed by atoms with Crippen LogP contribution in [0.5, 0.6) is 0 Å². The average Bonchev–Trinajstić information content (AvgIpc) is 2.95. The number of aromatic nitrogens is 1. The Morgan fingerprint density at radius 1 is 1.19 bits per heavy atom. The Balaban J connectivity index is 0.00000338. The SMILES string of the molecule is CCc1c(C(=O)N(CCCN)Cc2ccccc2)[nH]c(C)c1C(C)=O.Cl. The number of nitrogens with two attached hydrogens (primary N) is 1. The number of rotatable bonds is 8. The molecule has 0 radical (unpaired) electrons. The van der Waals surface area contributed by atoms with Gasteiger partial charge in [-0.3, -0.25) is 9.59 Å². The Bertz CT molecular complexity index is 741. The van der Waals surface area contributed by atoms with E-state index in [1.165, 1.54) is 0 Å². The lowest BCUT2D eigenvalue weighted by Gasteiger charge is -2.23. The summed E-state index contributed by atoms with van der Waals surface area (Å²) in [4.78, 5) is 30.1. The molecule has 0 unspecified atom stereocenters. The molecule has 142 valence electrons. The maximum Gasteiger partial charge on any atom is 0.270 e. The second-order valence-electron chi connectivity index (χ2n) is 6.24. The Morgan fingerprint density at radius 2 is 1.85 bits per heavy atom. The molecule has 1 heterocycles. The van der Waals surface area contributed by atoms with Gasteiger partial charge in [-0.05, 0) is 44.4 Å². The number of aryl methyl sites for hydroxylation is 1. The van der Waals surface area contributed by atoms with Crippen LogP contribution in [0.1, 0.15) is 57.9 Å². The summed E-state index contributed by atoms with van der Waals surface area (Å²) in [6.07, 6.45) is 1.37. The van der Waals surface area contributed by atoms with E-state index >= 15 is 0 Å². The van der Waals surface area contributed by atoms with Crippen LogP contribution in [0.2, 0.25) is 0 Å². The van der Waals surface area contributed by atoms with Crippen molar-refractivity contribution in [2.24, 2.45) is 5.73 Å². The van der Waals surface area contributed by atoms with Gasteiger partial charge in [-0.15, -0.1) is 12.4 Å². The molecule has 0 saturated carbocycles. The van der Waals surface area contributed by atoms with Crippen LogP contribution in [0.15, 0.2) is 30.3 Å². The van der Waals surface area contributed by atoms with Crippen molar-refractivity contribution in [3.05, 3.63) is 58.4 Å². The zero-order chi connectivity index (χ0) is 18.4. The predicted molar refractivity (Wildman–Crippen MR) is 107 cm³/mol. The maximum absolute atomic E-state index is 13.2.